The van der Waals surface area contributed by atoms with Crippen molar-refractivity contribution in [3.8, 4) is 0 Å². The minimum atomic E-state index is -3.49. The monoisotopic (exact) mass is 391 g/mol. The Morgan fingerprint density at radius 2 is 1.78 bits per heavy atom. The van der Waals surface area contributed by atoms with Crippen molar-refractivity contribution in [1.82, 2.24) is 15.0 Å². The normalized spacial score (nSPS) is 11.4. The van der Waals surface area contributed by atoms with E-state index in [0.29, 0.717) is 11.1 Å². The van der Waals surface area contributed by atoms with Crippen LogP contribution in [-0.4, -0.2) is 36.4 Å². The Morgan fingerprint density at radius 1 is 1.11 bits per heavy atom. The highest BCUT2D eigenvalue weighted by molar-refractivity contribution is 7.88. The minimum Gasteiger partial charge on any atom is -0.477 e. The summed E-state index contributed by atoms with van der Waals surface area (Å²) in [5.74, 6) is -1.80. The van der Waals surface area contributed by atoms with Crippen LogP contribution in [-0.2, 0) is 22.3 Å². The van der Waals surface area contributed by atoms with E-state index in [1.165, 1.54) is 18.3 Å². The van der Waals surface area contributed by atoms with Gasteiger partial charge in [0.1, 0.15) is 5.69 Å². The fourth-order valence-electron chi connectivity index (χ4n) is 2.41. The third-order valence-corrected chi connectivity index (χ3v) is 5.08. The number of benzene rings is 1. The highest BCUT2D eigenvalue weighted by Gasteiger charge is 2.16. The Bertz CT molecular complexity index is 924. The zero-order valence-electron chi connectivity index (χ0n) is 15.0. The van der Waals surface area contributed by atoms with Crippen LogP contribution in [0.25, 0.3) is 0 Å². The van der Waals surface area contributed by atoms with Gasteiger partial charge in [0.2, 0.25) is 10.0 Å². The van der Waals surface area contributed by atoms with E-state index in [0.717, 1.165) is 0 Å². The second-order valence-electron chi connectivity index (χ2n) is 6.22. The number of carboxylic acids is 1. The standard InChI is InChI=1S/C18H21N3O5S/c1-12(2)21-27(25,26)11-15-6-4-3-5-13(15)9-20-17(22)14-7-8-16(18(23)24)19-10-14/h3-8,10,12,21H,9,11H2,1-2H3,(H,20,22)(H,23,24). The molecule has 0 fully saturated rings. The van der Waals surface area contributed by atoms with Crippen molar-refractivity contribution in [2.45, 2.75) is 32.2 Å². The number of carbonyl (C=O) groups excluding carboxylic acids is 1. The van der Waals surface area contributed by atoms with Gasteiger partial charge in [0.25, 0.3) is 5.91 Å². The molecule has 2 rings (SSSR count). The number of carbonyl (C=O) groups is 2. The molecule has 2 aromatic rings. The molecule has 0 bridgehead atoms. The van der Waals surface area contributed by atoms with Gasteiger partial charge < -0.3 is 10.4 Å². The molecule has 144 valence electrons. The molecule has 0 aliphatic heterocycles. The van der Waals surface area contributed by atoms with E-state index in [2.05, 4.69) is 15.0 Å². The van der Waals surface area contributed by atoms with Crippen LogP contribution >= 0.6 is 0 Å². The molecule has 9 heteroatoms. The third-order valence-electron chi connectivity index (χ3n) is 3.56. The fraction of sp³-hybridized carbons (Fsp3) is 0.278. The lowest BCUT2D eigenvalue weighted by molar-refractivity contribution is 0.0689. The molecule has 0 atom stereocenters. The van der Waals surface area contributed by atoms with Crippen molar-refractivity contribution >= 4 is 21.9 Å². The summed E-state index contributed by atoms with van der Waals surface area (Å²) in [6.45, 7) is 3.62. The zero-order valence-corrected chi connectivity index (χ0v) is 15.8. The summed E-state index contributed by atoms with van der Waals surface area (Å²) in [6, 6.07) is 9.35. The smallest absolute Gasteiger partial charge is 0.354 e. The minimum absolute atomic E-state index is 0.132. The van der Waals surface area contributed by atoms with Gasteiger partial charge in [-0.25, -0.2) is 22.9 Å². The lowest BCUT2D eigenvalue weighted by Crippen LogP contribution is -2.32. The quantitative estimate of drug-likeness (QED) is 0.627. The van der Waals surface area contributed by atoms with E-state index in [1.54, 1.807) is 38.1 Å². The number of nitrogens with one attached hydrogen (secondary N) is 2. The molecule has 0 unspecified atom stereocenters. The van der Waals surface area contributed by atoms with E-state index in [9.17, 15) is 18.0 Å². The predicted octanol–water partition coefficient (Wildman–Crippen LogP) is 1.54. The van der Waals surface area contributed by atoms with Crippen molar-refractivity contribution in [3.05, 3.63) is 65.0 Å². The molecular weight excluding hydrogens is 370 g/mol. The summed E-state index contributed by atoms with van der Waals surface area (Å²) in [5, 5.41) is 11.5. The van der Waals surface area contributed by atoms with Gasteiger partial charge in [0.05, 0.1) is 11.3 Å². The fourth-order valence-corrected chi connectivity index (χ4v) is 3.90. The number of sulfonamides is 1. The highest BCUT2D eigenvalue weighted by atomic mass is 32.2. The number of nitrogens with zero attached hydrogens (tertiary/aromatic N) is 1. The molecule has 1 heterocycles. The summed E-state index contributed by atoms with van der Waals surface area (Å²) in [5.41, 5.74) is 1.33. The molecule has 3 N–H and O–H groups in total. The van der Waals surface area contributed by atoms with Crippen molar-refractivity contribution in [2.24, 2.45) is 0 Å². The van der Waals surface area contributed by atoms with Crippen molar-refractivity contribution < 1.29 is 23.1 Å². The Hall–Kier alpha value is -2.78. The van der Waals surface area contributed by atoms with E-state index >= 15 is 0 Å². The molecule has 0 radical (unpaired) electrons. The van der Waals surface area contributed by atoms with Gasteiger partial charge in [-0.05, 0) is 37.1 Å². The number of hydrogen-bond donors (Lipinski definition) is 3. The Balaban J connectivity index is 2.07. The van der Waals surface area contributed by atoms with Gasteiger partial charge in [-0.3, -0.25) is 4.79 Å². The van der Waals surface area contributed by atoms with Gasteiger partial charge in [-0.15, -0.1) is 0 Å². The number of hydrogen-bond acceptors (Lipinski definition) is 5. The number of carboxylic acid groups (broad SMARTS) is 1. The summed E-state index contributed by atoms with van der Waals surface area (Å²) >= 11 is 0. The molecular formula is C18H21N3O5S. The van der Waals surface area contributed by atoms with Crippen molar-refractivity contribution in [2.75, 3.05) is 0 Å². The van der Waals surface area contributed by atoms with E-state index < -0.39 is 21.9 Å². The maximum absolute atomic E-state index is 12.2. The van der Waals surface area contributed by atoms with Crippen LogP contribution in [0.3, 0.4) is 0 Å². The molecule has 0 spiro atoms. The number of rotatable bonds is 8. The van der Waals surface area contributed by atoms with Crippen LogP contribution in [0.1, 0.15) is 45.8 Å². The molecule has 1 aromatic heterocycles. The molecule has 0 saturated carbocycles. The first-order valence-corrected chi connectivity index (χ1v) is 9.87. The third kappa shape index (κ3) is 6.15. The summed E-state index contributed by atoms with van der Waals surface area (Å²) in [7, 11) is -3.49. The molecule has 0 aliphatic rings. The first-order chi connectivity index (χ1) is 12.7. The Morgan fingerprint density at radius 3 is 2.33 bits per heavy atom. The molecule has 8 nitrogen and oxygen atoms in total. The zero-order chi connectivity index (χ0) is 20.0. The number of aromatic nitrogens is 1. The van der Waals surface area contributed by atoms with E-state index in [1.807, 2.05) is 0 Å². The van der Waals surface area contributed by atoms with Gasteiger partial charge in [-0.1, -0.05) is 24.3 Å². The van der Waals surface area contributed by atoms with Gasteiger partial charge in [0.15, 0.2) is 0 Å². The lowest BCUT2D eigenvalue weighted by Gasteiger charge is -2.13. The Kier molecular flexibility index (Phi) is 6.65. The molecule has 0 saturated heterocycles. The van der Waals surface area contributed by atoms with E-state index in [-0.39, 0.29) is 29.6 Å². The van der Waals surface area contributed by atoms with Gasteiger partial charge in [-0.2, -0.15) is 0 Å². The van der Waals surface area contributed by atoms with Crippen LogP contribution in [0, 0.1) is 0 Å². The summed E-state index contributed by atoms with van der Waals surface area (Å²) < 4.78 is 26.8. The van der Waals surface area contributed by atoms with E-state index in [4.69, 9.17) is 5.11 Å². The SMILES string of the molecule is CC(C)NS(=O)(=O)Cc1ccccc1CNC(=O)c1ccc(C(=O)O)nc1. The van der Waals surface area contributed by atoms with Crippen molar-refractivity contribution in [1.29, 1.82) is 0 Å². The van der Waals surface area contributed by atoms with Crippen LogP contribution in [0.15, 0.2) is 42.6 Å². The molecule has 1 amide bonds. The average Bonchev–Trinajstić information content (AvgIpc) is 2.59. The topological polar surface area (TPSA) is 125 Å². The number of pyridine rings is 1. The molecule has 27 heavy (non-hydrogen) atoms. The Labute approximate surface area is 157 Å². The average molecular weight is 391 g/mol. The van der Waals surface area contributed by atoms with Crippen LogP contribution in [0.2, 0.25) is 0 Å². The number of amides is 1. The highest BCUT2D eigenvalue weighted by Crippen LogP contribution is 2.13. The maximum atomic E-state index is 12.2. The summed E-state index contributed by atoms with van der Waals surface area (Å²) in [6.07, 6.45) is 1.18. The first kappa shape index (κ1) is 20.5. The lowest BCUT2D eigenvalue weighted by atomic mass is 10.1. The van der Waals surface area contributed by atoms with Crippen LogP contribution in [0.4, 0.5) is 0 Å². The van der Waals surface area contributed by atoms with Crippen LogP contribution < -0.4 is 10.0 Å². The van der Waals surface area contributed by atoms with Crippen LogP contribution in [0.5, 0.6) is 0 Å². The van der Waals surface area contributed by atoms with Crippen molar-refractivity contribution in [3.63, 3.8) is 0 Å². The predicted molar refractivity (Wildman–Crippen MR) is 99.7 cm³/mol. The second-order valence-corrected chi connectivity index (χ2v) is 7.97. The first-order valence-electron chi connectivity index (χ1n) is 8.22. The maximum Gasteiger partial charge on any atom is 0.354 e. The molecule has 0 aliphatic carbocycles. The van der Waals surface area contributed by atoms with Gasteiger partial charge >= 0.3 is 5.97 Å². The molecule has 1 aromatic carbocycles. The van der Waals surface area contributed by atoms with Gasteiger partial charge in [0, 0.05) is 18.8 Å². The largest absolute Gasteiger partial charge is 0.477 e. The number of aromatic carboxylic acids is 1. The summed E-state index contributed by atoms with van der Waals surface area (Å²) in [4.78, 5) is 26.7. The second kappa shape index (κ2) is 8.74.